The fourth-order valence-electron chi connectivity index (χ4n) is 3.08. The molecular weight excluding hydrogens is 415 g/mol. The number of unbranched alkanes of at least 4 members (excludes halogenated alkanes) is 2. The Morgan fingerprint density at radius 3 is 2.53 bits per heavy atom. The second-order valence-electron chi connectivity index (χ2n) is 6.96. The third-order valence-electron chi connectivity index (χ3n) is 4.67. The predicted octanol–water partition coefficient (Wildman–Crippen LogP) is 3.89. The molecule has 0 saturated heterocycles. The molecule has 1 aliphatic carbocycles. The van der Waals surface area contributed by atoms with Crippen molar-refractivity contribution in [3.8, 4) is 5.75 Å². The Bertz CT molecular complexity index is 841. The zero-order valence-corrected chi connectivity index (χ0v) is 17.6. The Morgan fingerprint density at radius 2 is 1.87 bits per heavy atom. The van der Waals surface area contributed by atoms with E-state index < -0.39 is 30.2 Å². The largest absolute Gasteiger partial charge is 0.480 e. The predicted molar refractivity (Wildman–Crippen MR) is 111 cm³/mol. The molecule has 2 rings (SSSR count). The third-order valence-corrected chi connectivity index (χ3v) is 4.96. The van der Waals surface area contributed by atoms with Gasteiger partial charge in [-0.2, -0.15) is 0 Å². The maximum atomic E-state index is 14.3. The fraction of sp³-hybridized carbons (Fsp3) is 0.476. The van der Waals surface area contributed by atoms with Crippen LogP contribution in [0.25, 0.3) is 0 Å². The van der Waals surface area contributed by atoms with Gasteiger partial charge in [-0.1, -0.05) is 31.4 Å². The molecule has 1 aromatic carbocycles. The summed E-state index contributed by atoms with van der Waals surface area (Å²) in [6, 6.07) is 2.16. The van der Waals surface area contributed by atoms with Gasteiger partial charge in [-0.25, -0.2) is 9.18 Å². The number of hydrogen-bond donors (Lipinski definition) is 2. The molecule has 2 amide bonds. The second-order valence-corrected chi connectivity index (χ2v) is 7.37. The van der Waals surface area contributed by atoms with Gasteiger partial charge in [-0.15, -0.1) is 0 Å². The molecule has 0 fully saturated rings. The molecule has 1 aliphatic rings. The minimum atomic E-state index is -0.778. The van der Waals surface area contributed by atoms with Gasteiger partial charge in [0, 0.05) is 17.2 Å². The number of hydrogen-bond acceptors (Lipinski definition) is 5. The number of primary amides is 1. The minimum absolute atomic E-state index is 0.0200. The summed E-state index contributed by atoms with van der Waals surface area (Å²) in [4.78, 5) is 35.9. The average Bonchev–Trinajstić information content (AvgIpc) is 2.72. The Hall–Kier alpha value is -2.61. The molecule has 164 valence electrons. The monoisotopic (exact) mass is 440 g/mol. The van der Waals surface area contributed by atoms with Crippen molar-refractivity contribution in [1.29, 1.82) is 0 Å². The number of esters is 1. The van der Waals surface area contributed by atoms with Crippen LogP contribution in [0.1, 0.15) is 51.9 Å². The maximum absolute atomic E-state index is 14.3. The first kappa shape index (κ1) is 23.7. The molecule has 0 atom stereocenters. The lowest BCUT2D eigenvalue weighted by atomic mass is 9.90. The number of nitrogens with two attached hydrogens (primary N) is 1. The van der Waals surface area contributed by atoms with E-state index in [9.17, 15) is 18.8 Å². The fourth-order valence-corrected chi connectivity index (χ4v) is 3.28. The lowest BCUT2D eigenvalue weighted by Crippen LogP contribution is -2.25. The normalized spacial score (nSPS) is 13.7. The highest BCUT2D eigenvalue weighted by Crippen LogP contribution is 2.32. The Labute approximate surface area is 179 Å². The van der Waals surface area contributed by atoms with Gasteiger partial charge in [0.2, 0.25) is 5.91 Å². The van der Waals surface area contributed by atoms with Gasteiger partial charge in [0.15, 0.2) is 6.61 Å². The molecule has 0 radical (unpaired) electrons. The third kappa shape index (κ3) is 6.73. The van der Waals surface area contributed by atoms with E-state index in [-0.39, 0.29) is 27.6 Å². The Morgan fingerprint density at radius 1 is 1.17 bits per heavy atom. The quantitative estimate of drug-likeness (QED) is 0.424. The van der Waals surface area contributed by atoms with E-state index in [0.29, 0.717) is 19.4 Å². The molecule has 7 nitrogen and oxygen atoms in total. The van der Waals surface area contributed by atoms with Crippen LogP contribution in [-0.4, -0.2) is 31.0 Å². The molecule has 0 saturated carbocycles. The lowest BCUT2D eigenvalue weighted by Gasteiger charge is -2.18. The smallest absolute Gasteiger partial charge is 0.344 e. The summed E-state index contributed by atoms with van der Waals surface area (Å²) >= 11 is 5.98. The van der Waals surface area contributed by atoms with E-state index >= 15 is 0 Å². The number of carbonyl (C=O) groups is 3. The van der Waals surface area contributed by atoms with E-state index in [1.807, 2.05) is 6.92 Å². The van der Waals surface area contributed by atoms with Gasteiger partial charge in [0.25, 0.3) is 5.91 Å². The van der Waals surface area contributed by atoms with Gasteiger partial charge in [-0.05, 0) is 38.2 Å². The molecule has 0 bridgehead atoms. The van der Waals surface area contributed by atoms with Gasteiger partial charge in [-0.3, -0.25) is 9.59 Å². The minimum Gasteiger partial charge on any atom is -0.480 e. The SMILES string of the molecule is CCCCCOC(=O)COc1cc(NC(=O)C2=C(C(N)=O)CCCC2)c(F)cc1Cl. The van der Waals surface area contributed by atoms with E-state index in [1.54, 1.807) is 0 Å². The molecule has 30 heavy (non-hydrogen) atoms. The first-order chi connectivity index (χ1) is 14.3. The van der Waals surface area contributed by atoms with Crippen molar-refractivity contribution in [1.82, 2.24) is 0 Å². The summed E-state index contributed by atoms with van der Waals surface area (Å²) in [5.41, 5.74) is 5.68. The van der Waals surface area contributed by atoms with Crippen molar-refractivity contribution in [2.75, 3.05) is 18.5 Å². The summed E-state index contributed by atoms with van der Waals surface area (Å²) < 4.78 is 24.7. The van der Waals surface area contributed by atoms with Crippen molar-refractivity contribution in [2.45, 2.75) is 51.9 Å². The summed E-state index contributed by atoms with van der Waals surface area (Å²) in [5, 5.41) is 2.38. The van der Waals surface area contributed by atoms with Crippen LogP contribution >= 0.6 is 11.6 Å². The summed E-state index contributed by atoms with van der Waals surface area (Å²) in [7, 11) is 0. The van der Waals surface area contributed by atoms with Gasteiger partial charge < -0.3 is 20.5 Å². The van der Waals surface area contributed by atoms with Crippen LogP contribution in [0, 0.1) is 5.82 Å². The average molecular weight is 441 g/mol. The molecule has 1 aromatic rings. The highest BCUT2D eigenvalue weighted by molar-refractivity contribution is 6.32. The maximum Gasteiger partial charge on any atom is 0.344 e. The van der Waals surface area contributed by atoms with Crippen molar-refractivity contribution >= 4 is 35.1 Å². The summed E-state index contributed by atoms with van der Waals surface area (Å²) in [6.45, 7) is 1.94. The topological polar surface area (TPSA) is 108 Å². The highest BCUT2D eigenvalue weighted by atomic mass is 35.5. The first-order valence-electron chi connectivity index (χ1n) is 9.94. The number of anilines is 1. The molecule has 0 aromatic heterocycles. The first-order valence-corrected chi connectivity index (χ1v) is 10.3. The molecule has 0 spiro atoms. The van der Waals surface area contributed by atoms with Crippen LogP contribution in [0.15, 0.2) is 23.3 Å². The molecule has 0 unspecified atom stereocenters. The van der Waals surface area contributed by atoms with Crippen molar-refractivity contribution in [3.63, 3.8) is 0 Å². The van der Waals surface area contributed by atoms with E-state index in [0.717, 1.165) is 38.2 Å². The van der Waals surface area contributed by atoms with Crippen molar-refractivity contribution in [3.05, 3.63) is 34.1 Å². The van der Waals surface area contributed by atoms with Crippen LogP contribution in [0.2, 0.25) is 5.02 Å². The molecule has 3 N–H and O–H groups in total. The Kier molecular flexibility index (Phi) is 9.11. The van der Waals surface area contributed by atoms with Gasteiger partial charge in [0.05, 0.1) is 17.3 Å². The summed E-state index contributed by atoms with van der Waals surface area (Å²) in [5.74, 6) is -2.59. The van der Waals surface area contributed by atoms with Gasteiger partial charge >= 0.3 is 5.97 Å². The molecule has 9 heteroatoms. The number of rotatable bonds is 10. The van der Waals surface area contributed by atoms with Crippen LogP contribution in [0.5, 0.6) is 5.75 Å². The number of amides is 2. The molecule has 0 heterocycles. The zero-order chi connectivity index (χ0) is 22.1. The second kappa shape index (κ2) is 11.5. The number of benzene rings is 1. The zero-order valence-electron chi connectivity index (χ0n) is 16.9. The number of carbonyl (C=O) groups excluding carboxylic acids is 3. The van der Waals surface area contributed by atoms with E-state index in [1.165, 1.54) is 6.07 Å². The number of halogens is 2. The molecule has 0 aliphatic heterocycles. The summed E-state index contributed by atoms with van der Waals surface area (Å²) in [6.07, 6.45) is 5.01. The Balaban J connectivity index is 2.06. The van der Waals surface area contributed by atoms with Crippen LogP contribution in [0.4, 0.5) is 10.1 Å². The lowest BCUT2D eigenvalue weighted by molar-refractivity contribution is -0.146. The van der Waals surface area contributed by atoms with Gasteiger partial charge in [0.1, 0.15) is 11.6 Å². The highest BCUT2D eigenvalue weighted by Gasteiger charge is 2.23. The van der Waals surface area contributed by atoms with E-state index in [4.69, 9.17) is 26.8 Å². The van der Waals surface area contributed by atoms with Crippen LogP contribution < -0.4 is 15.8 Å². The number of nitrogens with one attached hydrogen (secondary N) is 1. The standard InChI is InChI=1S/C21H26ClFN2O5/c1-2-3-6-9-29-19(26)12-30-18-11-17(16(23)10-15(18)22)25-21(28)14-8-5-4-7-13(14)20(24)27/h10-11H,2-9,12H2,1H3,(H2,24,27)(H,25,28). The van der Waals surface area contributed by atoms with Crippen molar-refractivity contribution in [2.24, 2.45) is 5.73 Å². The van der Waals surface area contributed by atoms with Crippen molar-refractivity contribution < 1.29 is 28.2 Å². The number of ether oxygens (including phenoxy) is 2. The van der Waals surface area contributed by atoms with E-state index in [2.05, 4.69) is 5.32 Å². The molecular formula is C21H26ClFN2O5. The van der Waals surface area contributed by atoms with Crippen LogP contribution in [0.3, 0.4) is 0 Å². The van der Waals surface area contributed by atoms with Crippen LogP contribution in [-0.2, 0) is 19.1 Å².